The van der Waals surface area contributed by atoms with Crippen molar-refractivity contribution in [3.05, 3.63) is 54.6 Å². The van der Waals surface area contributed by atoms with Gasteiger partial charge in [0.2, 0.25) is 0 Å². The average Bonchev–Trinajstić information content (AvgIpc) is 2.49. The number of hydrogen-bond donors (Lipinski definition) is 2. The van der Waals surface area contributed by atoms with Gasteiger partial charge in [0, 0.05) is 23.1 Å². The molecule has 0 heterocycles. The number of rotatable bonds is 6. The zero-order chi connectivity index (χ0) is 14.4. The summed E-state index contributed by atoms with van der Waals surface area (Å²) in [6.45, 7) is 6.75. The lowest BCUT2D eigenvalue weighted by Crippen LogP contribution is -2.23. The maximum Gasteiger partial charge on any atom is 0.0385 e. The van der Waals surface area contributed by atoms with Crippen molar-refractivity contribution in [1.82, 2.24) is 0 Å². The Balaban J connectivity index is 1.96. The topological polar surface area (TPSA) is 24.1 Å². The largest absolute Gasteiger partial charge is 0.382 e. The van der Waals surface area contributed by atoms with Gasteiger partial charge in [-0.05, 0) is 49.2 Å². The maximum absolute atomic E-state index is 3.56. The second kappa shape index (κ2) is 6.99. The first-order valence-electron chi connectivity index (χ1n) is 7.37. The van der Waals surface area contributed by atoms with Crippen molar-refractivity contribution in [2.75, 3.05) is 10.6 Å². The predicted molar refractivity (Wildman–Crippen MR) is 88.7 cm³/mol. The van der Waals surface area contributed by atoms with Crippen LogP contribution in [0.4, 0.5) is 17.1 Å². The molecular formula is C18H24N2. The first-order chi connectivity index (χ1) is 9.69. The molecule has 0 fully saturated rings. The molecule has 0 amide bonds. The fourth-order valence-corrected chi connectivity index (χ4v) is 2.10. The van der Waals surface area contributed by atoms with Crippen molar-refractivity contribution in [3.8, 4) is 0 Å². The van der Waals surface area contributed by atoms with Gasteiger partial charge in [-0.3, -0.25) is 0 Å². The summed E-state index contributed by atoms with van der Waals surface area (Å²) in [6, 6.07) is 19.2. The van der Waals surface area contributed by atoms with Crippen LogP contribution in [0.15, 0.2) is 54.6 Å². The number of hydrogen-bond acceptors (Lipinski definition) is 2. The van der Waals surface area contributed by atoms with Crippen LogP contribution in [0.2, 0.25) is 0 Å². The standard InChI is InChI=1S/C18H24N2/c1-4-14(2)15(3)19-17-10-12-18(13-11-17)20-16-8-6-5-7-9-16/h5-15,19-20H,4H2,1-3H3. The van der Waals surface area contributed by atoms with E-state index < -0.39 is 0 Å². The third-order valence-electron chi connectivity index (χ3n) is 3.84. The number of nitrogens with one attached hydrogen (secondary N) is 2. The number of benzene rings is 2. The van der Waals surface area contributed by atoms with E-state index in [0.717, 1.165) is 11.4 Å². The van der Waals surface area contributed by atoms with Crippen molar-refractivity contribution < 1.29 is 0 Å². The van der Waals surface area contributed by atoms with Crippen molar-refractivity contribution in [3.63, 3.8) is 0 Å². The Morgan fingerprint density at radius 1 is 0.800 bits per heavy atom. The Kier molecular flexibility index (Phi) is 5.05. The van der Waals surface area contributed by atoms with Crippen LogP contribution in [0.1, 0.15) is 27.2 Å². The van der Waals surface area contributed by atoms with E-state index in [2.05, 4.69) is 67.8 Å². The van der Waals surface area contributed by atoms with Gasteiger partial charge in [0.05, 0.1) is 0 Å². The lowest BCUT2D eigenvalue weighted by molar-refractivity contribution is 0.494. The Morgan fingerprint density at radius 3 is 1.95 bits per heavy atom. The zero-order valence-corrected chi connectivity index (χ0v) is 12.6. The molecule has 2 heteroatoms. The van der Waals surface area contributed by atoms with Crippen molar-refractivity contribution in [2.45, 2.75) is 33.2 Å². The quantitative estimate of drug-likeness (QED) is 0.745. The highest BCUT2D eigenvalue weighted by Gasteiger charge is 2.09. The lowest BCUT2D eigenvalue weighted by atomic mass is 10.0. The van der Waals surface area contributed by atoms with Crippen LogP contribution in [0.5, 0.6) is 0 Å². The summed E-state index contributed by atoms with van der Waals surface area (Å²) in [5.41, 5.74) is 3.40. The van der Waals surface area contributed by atoms with E-state index in [1.54, 1.807) is 0 Å². The molecule has 0 aromatic heterocycles. The molecule has 2 N–H and O–H groups in total. The Morgan fingerprint density at radius 2 is 1.35 bits per heavy atom. The smallest absolute Gasteiger partial charge is 0.0385 e. The lowest BCUT2D eigenvalue weighted by Gasteiger charge is -2.21. The van der Waals surface area contributed by atoms with Crippen LogP contribution >= 0.6 is 0 Å². The molecular weight excluding hydrogens is 244 g/mol. The van der Waals surface area contributed by atoms with E-state index in [4.69, 9.17) is 0 Å². The minimum Gasteiger partial charge on any atom is -0.382 e. The van der Waals surface area contributed by atoms with Gasteiger partial charge in [0.1, 0.15) is 0 Å². The molecule has 0 saturated carbocycles. The molecule has 0 aliphatic heterocycles. The normalized spacial score (nSPS) is 13.6. The second-order valence-electron chi connectivity index (χ2n) is 5.39. The van der Waals surface area contributed by atoms with E-state index in [1.165, 1.54) is 12.1 Å². The summed E-state index contributed by atoms with van der Waals surface area (Å²) < 4.78 is 0. The summed E-state index contributed by atoms with van der Waals surface area (Å²) in [4.78, 5) is 0. The summed E-state index contributed by atoms with van der Waals surface area (Å²) in [6.07, 6.45) is 1.20. The summed E-state index contributed by atoms with van der Waals surface area (Å²) in [5, 5.41) is 6.95. The Bertz CT molecular complexity index is 505. The van der Waals surface area contributed by atoms with Crippen molar-refractivity contribution >= 4 is 17.1 Å². The van der Waals surface area contributed by atoms with Gasteiger partial charge in [0.15, 0.2) is 0 Å². The fraction of sp³-hybridized carbons (Fsp3) is 0.333. The molecule has 2 nitrogen and oxygen atoms in total. The van der Waals surface area contributed by atoms with Crippen LogP contribution in [0.25, 0.3) is 0 Å². The van der Waals surface area contributed by atoms with Gasteiger partial charge >= 0.3 is 0 Å². The molecule has 2 unspecified atom stereocenters. The average molecular weight is 268 g/mol. The molecule has 0 spiro atoms. The van der Waals surface area contributed by atoms with E-state index in [0.29, 0.717) is 12.0 Å². The Hall–Kier alpha value is -1.96. The van der Waals surface area contributed by atoms with Gasteiger partial charge < -0.3 is 10.6 Å². The van der Waals surface area contributed by atoms with Gasteiger partial charge in [-0.1, -0.05) is 38.5 Å². The Labute approximate surface area is 122 Å². The molecule has 0 radical (unpaired) electrons. The summed E-state index contributed by atoms with van der Waals surface area (Å²) >= 11 is 0. The highest BCUT2D eigenvalue weighted by molar-refractivity contribution is 5.62. The summed E-state index contributed by atoms with van der Waals surface area (Å²) in [7, 11) is 0. The molecule has 0 saturated heterocycles. The molecule has 0 bridgehead atoms. The molecule has 0 aliphatic carbocycles. The first kappa shape index (κ1) is 14.4. The highest BCUT2D eigenvalue weighted by atomic mass is 14.9. The molecule has 2 aromatic rings. The SMILES string of the molecule is CCC(C)C(C)Nc1ccc(Nc2ccccc2)cc1. The molecule has 2 aromatic carbocycles. The van der Waals surface area contributed by atoms with E-state index in [9.17, 15) is 0 Å². The van der Waals surface area contributed by atoms with Crippen LogP contribution in [-0.2, 0) is 0 Å². The maximum atomic E-state index is 3.56. The van der Waals surface area contributed by atoms with Crippen LogP contribution in [-0.4, -0.2) is 6.04 Å². The highest BCUT2D eigenvalue weighted by Crippen LogP contribution is 2.20. The fourth-order valence-electron chi connectivity index (χ4n) is 2.10. The van der Waals surface area contributed by atoms with Crippen LogP contribution in [0.3, 0.4) is 0 Å². The van der Waals surface area contributed by atoms with Crippen molar-refractivity contribution in [1.29, 1.82) is 0 Å². The summed E-state index contributed by atoms with van der Waals surface area (Å²) in [5.74, 6) is 0.678. The van der Waals surface area contributed by atoms with Crippen LogP contribution < -0.4 is 10.6 Å². The monoisotopic (exact) mass is 268 g/mol. The second-order valence-corrected chi connectivity index (χ2v) is 5.39. The molecule has 0 aliphatic rings. The van der Waals surface area contributed by atoms with Crippen LogP contribution in [0, 0.1) is 5.92 Å². The number of anilines is 3. The van der Waals surface area contributed by atoms with Gasteiger partial charge in [0.25, 0.3) is 0 Å². The number of para-hydroxylation sites is 1. The molecule has 106 valence electrons. The third-order valence-corrected chi connectivity index (χ3v) is 3.84. The van der Waals surface area contributed by atoms with Gasteiger partial charge in [-0.15, -0.1) is 0 Å². The predicted octanol–water partition coefficient (Wildman–Crippen LogP) is 5.28. The van der Waals surface area contributed by atoms with Crippen molar-refractivity contribution in [2.24, 2.45) is 5.92 Å². The van der Waals surface area contributed by atoms with E-state index in [1.807, 2.05) is 18.2 Å². The third kappa shape index (κ3) is 4.02. The van der Waals surface area contributed by atoms with E-state index >= 15 is 0 Å². The molecule has 20 heavy (non-hydrogen) atoms. The minimum atomic E-state index is 0.493. The first-order valence-corrected chi connectivity index (χ1v) is 7.37. The minimum absolute atomic E-state index is 0.493. The van der Waals surface area contributed by atoms with E-state index in [-0.39, 0.29) is 0 Å². The molecule has 2 rings (SSSR count). The molecule has 2 atom stereocenters. The van der Waals surface area contributed by atoms with Gasteiger partial charge in [-0.2, -0.15) is 0 Å². The van der Waals surface area contributed by atoms with Gasteiger partial charge in [-0.25, -0.2) is 0 Å². The zero-order valence-electron chi connectivity index (χ0n) is 12.6.